The number of aromatic nitrogens is 2. The van der Waals surface area contributed by atoms with E-state index in [2.05, 4.69) is 44.0 Å². The smallest absolute Gasteiger partial charge is 0.297 e. The molecule has 19 heteroatoms. The van der Waals surface area contributed by atoms with E-state index in [1.54, 1.807) is 0 Å². The molecule has 3 heterocycles. The summed E-state index contributed by atoms with van der Waals surface area (Å²) in [4.78, 5) is 13.9. The van der Waals surface area contributed by atoms with Crippen molar-refractivity contribution in [1.29, 1.82) is 0 Å². The third-order valence-corrected chi connectivity index (χ3v) is 4.12. The molecule has 0 aliphatic carbocycles. The predicted molar refractivity (Wildman–Crippen MR) is 115 cm³/mol. The van der Waals surface area contributed by atoms with Gasteiger partial charge >= 0.3 is 83.0 Å². The first-order chi connectivity index (χ1) is 15.8. The van der Waals surface area contributed by atoms with Crippen LogP contribution in [-0.4, -0.2) is 45.9 Å². The summed E-state index contributed by atoms with van der Waals surface area (Å²) in [5.41, 5.74) is 2.35. The molecule has 1 saturated heterocycles. The molecule has 1 radical (unpaired) electrons. The van der Waals surface area contributed by atoms with Crippen LogP contribution in [0.15, 0.2) is 48.8 Å². The van der Waals surface area contributed by atoms with Gasteiger partial charge in [0.1, 0.15) is 0 Å². The van der Waals surface area contributed by atoms with Gasteiger partial charge in [0.2, 0.25) is 0 Å². The molecule has 2 aromatic heterocycles. The van der Waals surface area contributed by atoms with Gasteiger partial charge in [0.05, 0.1) is 11.4 Å². The van der Waals surface area contributed by atoms with Gasteiger partial charge in [-0.25, -0.2) is 0 Å². The molecule has 37 heavy (non-hydrogen) atoms. The first-order valence-corrected chi connectivity index (χ1v) is 14.2. The van der Waals surface area contributed by atoms with E-state index in [1.807, 2.05) is 24.5 Å². The third kappa shape index (κ3) is 30.9. The Balaban J connectivity index is 0.000000720. The zero-order chi connectivity index (χ0) is 27.9. The first kappa shape index (κ1) is 35.8. The second-order valence-electron chi connectivity index (χ2n) is 7.82. The fourth-order valence-electron chi connectivity index (χ4n) is 3.02. The van der Waals surface area contributed by atoms with Crippen LogP contribution in [0, 0.1) is 0 Å². The van der Waals surface area contributed by atoms with E-state index in [1.165, 1.54) is 24.2 Å². The van der Waals surface area contributed by atoms with Crippen molar-refractivity contribution in [2.45, 2.75) is 25.9 Å². The van der Waals surface area contributed by atoms with E-state index in [-0.39, 0.29) is 17.1 Å². The molecule has 0 amide bonds. The van der Waals surface area contributed by atoms with Crippen molar-refractivity contribution in [3.63, 3.8) is 0 Å². The first-order valence-electron chi connectivity index (χ1n) is 10.2. The molecule has 4 nitrogen and oxygen atoms in total. The van der Waals surface area contributed by atoms with Crippen molar-refractivity contribution in [2.75, 3.05) is 26.2 Å². The summed E-state index contributed by atoms with van der Waals surface area (Å²) >= 11 is 0. The van der Waals surface area contributed by atoms with Crippen molar-refractivity contribution in [3.05, 3.63) is 60.2 Å². The molecule has 1 aliphatic rings. The Labute approximate surface area is 215 Å². The van der Waals surface area contributed by atoms with Crippen LogP contribution in [0.1, 0.15) is 24.2 Å². The number of rotatable bonds is 4. The monoisotopic (exact) mass is 649 g/mol. The summed E-state index contributed by atoms with van der Waals surface area (Å²) in [5.74, 6) is 0. The molecule has 221 valence electrons. The standard InChI is InChI=1S/C18H24N4.Cu.2F6P/c1-3-9-19-17(7-1)15-21-11-5-13-22(14-6-12-21)16-18-8-2-4-10-20-18;;2*1-7(2,3,4,5)6/h1-4,7-10H,5-6,11-16H2;;;/q;+2;2*-1. The van der Waals surface area contributed by atoms with Crippen molar-refractivity contribution >= 4 is 15.6 Å². The Morgan fingerprint density at radius 2 is 0.811 bits per heavy atom. The molecular weight excluding hydrogens is 626 g/mol. The average Bonchev–Trinajstić information content (AvgIpc) is 2.62. The Bertz CT molecular complexity index is 836. The maximum Gasteiger partial charge on any atom is 2.00 e. The molecule has 2 aromatic rings. The molecule has 0 N–H and O–H groups in total. The minimum Gasteiger partial charge on any atom is -0.297 e. The summed E-state index contributed by atoms with van der Waals surface area (Å²) in [6, 6.07) is 12.3. The Morgan fingerprint density at radius 1 is 0.541 bits per heavy atom. The second kappa shape index (κ2) is 11.5. The molecule has 0 spiro atoms. The van der Waals surface area contributed by atoms with Gasteiger partial charge in [-0.1, -0.05) is 12.1 Å². The summed E-state index contributed by atoms with van der Waals surface area (Å²) < 4.78 is 118. The summed E-state index contributed by atoms with van der Waals surface area (Å²) in [6.07, 6.45) is 6.18. The molecule has 0 unspecified atom stereocenters. The van der Waals surface area contributed by atoms with Crippen molar-refractivity contribution in [2.24, 2.45) is 0 Å². The van der Waals surface area contributed by atoms with Gasteiger partial charge in [-0.2, -0.15) is 0 Å². The Morgan fingerprint density at radius 3 is 1.03 bits per heavy atom. The number of halogens is 12. The number of pyridine rings is 2. The van der Waals surface area contributed by atoms with Gasteiger partial charge in [-0.15, -0.1) is 0 Å². The average molecular weight is 650 g/mol. The van der Waals surface area contributed by atoms with Crippen LogP contribution in [0.3, 0.4) is 0 Å². The van der Waals surface area contributed by atoms with Gasteiger partial charge in [-0.05, 0) is 63.3 Å². The maximum absolute atomic E-state index is 10.7. The van der Waals surface area contributed by atoms with Crippen molar-refractivity contribution < 1.29 is 67.4 Å². The Kier molecular flexibility index (Phi) is 11.1. The normalized spacial score (nSPS) is 19.4. The van der Waals surface area contributed by atoms with Gasteiger partial charge in [0.25, 0.3) is 0 Å². The van der Waals surface area contributed by atoms with Crippen LogP contribution >= 0.6 is 15.6 Å². The van der Waals surface area contributed by atoms with E-state index in [9.17, 15) is 50.4 Å². The zero-order valence-electron chi connectivity index (χ0n) is 18.8. The molecular formula is C18H24CuF12N4P2. The predicted octanol–water partition coefficient (Wildman–Crippen LogP) is 9.34. The van der Waals surface area contributed by atoms with Gasteiger partial charge < -0.3 is 0 Å². The summed E-state index contributed by atoms with van der Waals surface area (Å²) in [7, 11) is -21.3. The van der Waals surface area contributed by atoms with Crippen LogP contribution in [0.5, 0.6) is 0 Å². The van der Waals surface area contributed by atoms with Crippen LogP contribution < -0.4 is 0 Å². The van der Waals surface area contributed by atoms with Crippen molar-refractivity contribution in [1.82, 2.24) is 19.8 Å². The minimum absolute atomic E-state index is 0. The van der Waals surface area contributed by atoms with E-state index in [0.29, 0.717) is 0 Å². The summed E-state index contributed by atoms with van der Waals surface area (Å²) in [5, 5.41) is 0. The number of hydrogen-bond acceptors (Lipinski definition) is 4. The maximum atomic E-state index is 9.87. The molecule has 1 fully saturated rings. The topological polar surface area (TPSA) is 32.3 Å². The fourth-order valence-corrected chi connectivity index (χ4v) is 3.02. The Hall–Kier alpha value is -1.24. The number of hydrogen-bond donors (Lipinski definition) is 0. The largest absolute Gasteiger partial charge is 2.00 e. The fraction of sp³-hybridized carbons (Fsp3) is 0.444. The van der Waals surface area contributed by atoms with Gasteiger partial charge in [-0.3, -0.25) is 19.8 Å². The molecule has 3 rings (SSSR count). The van der Waals surface area contributed by atoms with Crippen LogP contribution in [-0.2, 0) is 30.2 Å². The quantitative estimate of drug-likeness (QED) is 0.188. The van der Waals surface area contributed by atoms with Gasteiger partial charge in [0.15, 0.2) is 0 Å². The van der Waals surface area contributed by atoms with Crippen molar-refractivity contribution in [3.8, 4) is 0 Å². The summed E-state index contributed by atoms with van der Waals surface area (Å²) in [6.45, 7) is 6.54. The van der Waals surface area contributed by atoms with Crippen LogP contribution in [0.25, 0.3) is 0 Å². The SMILES string of the molecule is F[P-](F)(F)(F)(F)F.F[P-](F)(F)(F)(F)F.[Cu+2].c1ccc(CN2CCCN(Cc3ccccn3)CCC2)nc1. The van der Waals surface area contributed by atoms with E-state index >= 15 is 0 Å². The molecule has 0 atom stereocenters. The molecule has 0 aromatic carbocycles. The van der Waals surface area contributed by atoms with E-state index < -0.39 is 15.6 Å². The molecule has 1 aliphatic heterocycles. The van der Waals surface area contributed by atoms with E-state index in [0.717, 1.165) is 39.3 Å². The minimum atomic E-state index is -10.7. The molecule has 0 bridgehead atoms. The van der Waals surface area contributed by atoms with Gasteiger partial charge in [0, 0.05) is 25.5 Å². The third-order valence-electron chi connectivity index (χ3n) is 4.12. The van der Waals surface area contributed by atoms with E-state index in [4.69, 9.17) is 0 Å². The van der Waals surface area contributed by atoms with Crippen LogP contribution in [0.2, 0.25) is 0 Å². The van der Waals surface area contributed by atoms with Crippen LogP contribution in [0.4, 0.5) is 50.4 Å². The number of nitrogens with zero attached hydrogens (tertiary/aromatic N) is 4. The second-order valence-corrected chi connectivity index (χ2v) is 11.7. The molecule has 0 saturated carbocycles. The zero-order valence-corrected chi connectivity index (χ0v) is 21.5.